The van der Waals surface area contributed by atoms with Crippen LogP contribution in [0.3, 0.4) is 0 Å². The lowest BCUT2D eigenvalue weighted by atomic mass is 10.1. The van der Waals surface area contributed by atoms with Crippen molar-refractivity contribution in [3.05, 3.63) is 35.9 Å². The van der Waals surface area contributed by atoms with E-state index in [9.17, 15) is 0 Å². The maximum Gasteiger partial charge on any atom is 0.242 e. The first-order valence-corrected chi connectivity index (χ1v) is 4.09. The highest BCUT2D eigenvalue weighted by Gasteiger charge is 2.05. The molecule has 13 heavy (non-hydrogen) atoms. The van der Waals surface area contributed by atoms with Gasteiger partial charge in [-0.25, -0.2) is 9.98 Å². The molecule has 0 aliphatic carbocycles. The monoisotopic (exact) mass is 171 g/mol. The molecule has 1 heterocycles. The van der Waals surface area contributed by atoms with Crippen LogP contribution >= 0.6 is 0 Å². The molecule has 0 spiro atoms. The van der Waals surface area contributed by atoms with Gasteiger partial charge in [-0.1, -0.05) is 30.3 Å². The molecule has 0 bridgehead atoms. The predicted octanol–water partition coefficient (Wildman–Crippen LogP) is 1.69. The van der Waals surface area contributed by atoms with Crippen LogP contribution < -0.4 is 0 Å². The second-order valence-corrected chi connectivity index (χ2v) is 2.85. The third kappa shape index (κ3) is 1.87. The van der Waals surface area contributed by atoms with E-state index < -0.39 is 0 Å². The molecule has 0 radical (unpaired) electrons. The van der Waals surface area contributed by atoms with E-state index in [4.69, 9.17) is 5.41 Å². The van der Waals surface area contributed by atoms with E-state index in [2.05, 4.69) is 9.98 Å². The zero-order valence-corrected chi connectivity index (χ0v) is 7.07. The highest BCUT2D eigenvalue weighted by molar-refractivity contribution is 6.38. The zero-order valence-electron chi connectivity index (χ0n) is 7.07. The largest absolute Gasteiger partial charge is 0.265 e. The minimum Gasteiger partial charge on any atom is -0.265 e. The quantitative estimate of drug-likeness (QED) is 0.704. The first-order chi connectivity index (χ1) is 6.34. The topological polar surface area (TPSA) is 48.6 Å². The fraction of sp³-hybridized carbons (Fsp3) is 0.100. The van der Waals surface area contributed by atoms with Gasteiger partial charge in [-0.2, -0.15) is 0 Å². The van der Waals surface area contributed by atoms with Crippen LogP contribution in [0.2, 0.25) is 0 Å². The van der Waals surface area contributed by atoms with Crippen LogP contribution in [0.15, 0.2) is 40.3 Å². The van der Waals surface area contributed by atoms with Crippen LogP contribution in [-0.4, -0.2) is 17.9 Å². The number of hydrogen-bond acceptors (Lipinski definition) is 1. The third-order valence-electron chi connectivity index (χ3n) is 1.81. The molecule has 0 unspecified atom stereocenters. The summed E-state index contributed by atoms with van der Waals surface area (Å²) in [6.07, 6.45) is 2.40. The van der Waals surface area contributed by atoms with Crippen molar-refractivity contribution in [3.63, 3.8) is 0 Å². The van der Waals surface area contributed by atoms with E-state index in [1.165, 1.54) is 5.56 Å². The summed E-state index contributed by atoms with van der Waals surface area (Å²) in [5, 5.41) is 7.16. The summed E-state index contributed by atoms with van der Waals surface area (Å²) in [5.41, 5.74) is 2.05. The Morgan fingerprint density at radius 3 is 2.54 bits per heavy atom. The van der Waals surface area contributed by atoms with Gasteiger partial charge in [-0.15, -0.1) is 0 Å². The van der Waals surface area contributed by atoms with Gasteiger partial charge in [-0.3, -0.25) is 5.41 Å². The van der Waals surface area contributed by atoms with Crippen LogP contribution in [-0.2, 0) is 6.42 Å². The SMILES string of the molecule is N=C1N=CC(Cc2ccccc2)=N1. The Labute approximate surface area is 76.4 Å². The Morgan fingerprint density at radius 2 is 1.92 bits per heavy atom. The van der Waals surface area contributed by atoms with Gasteiger partial charge >= 0.3 is 0 Å². The van der Waals surface area contributed by atoms with E-state index >= 15 is 0 Å². The molecule has 1 aromatic rings. The lowest BCUT2D eigenvalue weighted by Gasteiger charge is -1.96. The lowest BCUT2D eigenvalue weighted by molar-refractivity contribution is 1.33. The second kappa shape index (κ2) is 3.31. The fourth-order valence-electron chi connectivity index (χ4n) is 1.22. The molecule has 64 valence electrons. The van der Waals surface area contributed by atoms with E-state index in [1.807, 2.05) is 30.3 Å². The predicted molar refractivity (Wildman–Crippen MR) is 53.8 cm³/mol. The van der Waals surface area contributed by atoms with Gasteiger partial charge in [0.1, 0.15) is 0 Å². The van der Waals surface area contributed by atoms with Crippen molar-refractivity contribution < 1.29 is 0 Å². The Bertz CT molecular complexity index is 376. The first-order valence-electron chi connectivity index (χ1n) is 4.09. The average molecular weight is 171 g/mol. The first kappa shape index (κ1) is 7.86. The molecular formula is C10H9N3. The molecule has 1 aliphatic rings. The maximum atomic E-state index is 7.16. The minimum atomic E-state index is 0.103. The van der Waals surface area contributed by atoms with Crippen molar-refractivity contribution in [2.45, 2.75) is 6.42 Å². The third-order valence-corrected chi connectivity index (χ3v) is 1.81. The highest BCUT2D eigenvalue weighted by Crippen LogP contribution is 2.03. The summed E-state index contributed by atoms with van der Waals surface area (Å²) >= 11 is 0. The number of hydrogen-bond donors (Lipinski definition) is 1. The number of benzene rings is 1. The van der Waals surface area contributed by atoms with Gasteiger partial charge < -0.3 is 0 Å². The Balaban J connectivity index is 2.12. The fourth-order valence-corrected chi connectivity index (χ4v) is 1.22. The highest BCUT2D eigenvalue weighted by atomic mass is 15.1. The van der Waals surface area contributed by atoms with E-state index in [0.29, 0.717) is 0 Å². The molecule has 2 rings (SSSR count). The Morgan fingerprint density at radius 1 is 1.15 bits per heavy atom. The summed E-state index contributed by atoms with van der Waals surface area (Å²) in [4.78, 5) is 7.73. The van der Waals surface area contributed by atoms with Crippen molar-refractivity contribution in [2.75, 3.05) is 0 Å². The standard InChI is InChI=1S/C10H9N3/c11-10-12-7-9(13-10)6-8-4-2-1-3-5-8/h1-5,7,11H,6H2. The maximum absolute atomic E-state index is 7.16. The summed E-state index contributed by atoms with van der Waals surface area (Å²) in [6.45, 7) is 0. The van der Waals surface area contributed by atoms with Crippen molar-refractivity contribution >= 4 is 17.9 Å². The van der Waals surface area contributed by atoms with Crippen molar-refractivity contribution in [3.8, 4) is 0 Å². The molecule has 0 saturated heterocycles. The van der Waals surface area contributed by atoms with Gasteiger partial charge in [-0.05, 0) is 5.56 Å². The lowest BCUT2D eigenvalue weighted by Crippen LogP contribution is -2.01. The van der Waals surface area contributed by atoms with Crippen molar-refractivity contribution in [1.82, 2.24) is 0 Å². The Hall–Kier alpha value is -1.77. The molecule has 0 atom stereocenters. The molecular weight excluding hydrogens is 162 g/mol. The normalized spacial score (nSPS) is 14.8. The summed E-state index contributed by atoms with van der Waals surface area (Å²) in [7, 11) is 0. The van der Waals surface area contributed by atoms with Crippen LogP contribution in [0.5, 0.6) is 0 Å². The molecule has 0 saturated carbocycles. The second-order valence-electron chi connectivity index (χ2n) is 2.85. The van der Waals surface area contributed by atoms with Gasteiger partial charge in [0.25, 0.3) is 0 Å². The summed E-state index contributed by atoms with van der Waals surface area (Å²) in [6, 6.07) is 10.0. The van der Waals surface area contributed by atoms with Crippen LogP contribution in [0.1, 0.15) is 5.56 Å². The van der Waals surface area contributed by atoms with Gasteiger partial charge in [0, 0.05) is 6.42 Å². The van der Waals surface area contributed by atoms with Crippen molar-refractivity contribution in [2.24, 2.45) is 9.98 Å². The Kier molecular flexibility index (Phi) is 2.00. The average Bonchev–Trinajstić information content (AvgIpc) is 2.53. The van der Waals surface area contributed by atoms with Crippen LogP contribution in [0.4, 0.5) is 0 Å². The summed E-state index contributed by atoms with van der Waals surface area (Å²) < 4.78 is 0. The minimum absolute atomic E-state index is 0.103. The van der Waals surface area contributed by atoms with E-state index in [0.717, 1.165) is 12.1 Å². The summed E-state index contributed by atoms with van der Waals surface area (Å²) in [5.74, 6) is 0.103. The number of rotatable bonds is 2. The van der Waals surface area contributed by atoms with Gasteiger partial charge in [0.15, 0.2) is 0 Å². The zero-order chi connectivity index (χ0) is 9.10. The van der Waals surface area contributed by atoms with Gasteiger partial charge in [0.05, 0.1) is 11.9 Å². The molecule has 3 nitrogen and oxygen atoms in total. The number of nitrogens with zero attached hydrogens (tertiary/aromatic N) is 2. The van der Waals surface area contributed by atoms with E-state index in [1.54, 1.807) is 6.21 Å². The van der Waals surface area contributed by atoms with E-state index in [-0.39, 0.29) is 5.96 Å². The molecule has 1 aliphatic heterocycles. The molecule has 0 aromatic heterocycles. The number of aliphatic imine (C=N–C) groups is 2. The molecule has 0 amide bonds. The smallest absolute Gasteiger partial charge is 0.242 e. The van der Waals surface area contributed by atoms with Gasteiger partial charge in [0.2, 0.25) is 5.96 Å². The molecule has 1 aromatic carbocycles. The number of nitrogens with one attached hydrogen (secondary N) is 1. The molecule has 0 fully saturated rings. The molecule has 3 heteroatoms. The van der Waals surface area contributed by atoms with Crippen LogP contribution in [0, 0.1) is 5.41 Å². The van der Waals surface area contributed by atoms with Crippen LogP contribution in [0.25, 0.3) is 0 Å². The molecule has 1 N–H and O–H groups in total. The van der Waals surface area contributed by atoms with Crippen molar-refractivity contribution in [1.29, 1.82) is 5.41 Å². The number of guanidine groups is 1.